The van der Waals surface area contributed by atoms with Crippen molar-refractivity contribution in [2.45, 2.75) is 25.7 Å². The van der Waals surface area contributed by atoms with Gasteiger partial charge in [-0.15, -0.1) is 10.2 Å². The van der Waals surface area contributed by atoms with E-state index in [1.807, 2.05) is 47.0 Å². The topological polar surface area (TPSA) is 113 Å². The van der Waals surface area contributed by atoms with Crippen LogP contribution in [0.15, 0.2) is 53.1 Å². The van der Waals surface area contributed by atoms with E-state index in [9.17, 15) is 18.0 Å². The molecule has 2 aliphatic rings. The minimum absolute atomic E-state index is 0.205. The predicted octanol–water partition coefficient (Wildman–Crippen LogP) is 3.06. The molecule has 1 fully saturated rings. The van der Waals surface area contributed by atoms with Gasteiger partial charge < -0.3 is 19.4 Å². The Balaban J connectivity index is 0.000000344. The van der Waals surface area contributed by atoms with Gasteiger partial charge in [0.05, 0.1) is 12.8 Å². The number of fused-ring (bicyclic) bond motifs is 2. The van der Waals surface area contributed by atoms with Crippen LogP contribution in [0.3, 0.4) is 0 Å². The number of amides is 1. The lowest BCUT2D eigenvalue weighted by molar-refractivity contribution is -0.192. The van der Waals surface area contributed by atoms with Crippen LogP contribution < -0.4 is 5.32 Å². The monoisotopic (exact) mass is 477 g/mol. The molecular weight excluding hydrogens is 455 g/mol. The Labute approximate surface area is 192 Å². The van der Waals surface area contributed by atoms with Crippen molar-refractivity contribution in [3.8, 4) is 0 Å². The van der Waals surface area contributed by atoms with Crippen molar-refractivity contribution in [1.29, 1.82) is 0 Å². The number of furan rings is 1. The van der Waals surface area contributed by atoms with Gasteiger partial charge in [-0.3, -0.25) is 9.69 Å². The summed E-state index contributed by atoms with van der Waals surface area (Å²) in [6.07, 6.45) is -2.50. The van der Waals surface area contributed by atoms with Crippen molar-refractivity contribution >= 4 is 17.6 Å². The fraction of sp³-hybridized carbons (Fsp3) is 0.364. The number of benzene rings is 1. The highest BCUT2D eigenvalue weighted by atomic mass is 19.4. The van der Waals surface area contributed by atoms with E-state index in [1.165, 1.54) is 0 Å². The van der Waals surface area contributed by atoms with Crippen molar-refractivity contribution in [3.63, 3.8) is 0 Å². The smallest absolute Gasteiger partial charge is 0.475 e. The van der Waals surface area contributed by atoms with Crippen LogP contribution in [-0.4, -0.2) is 55.9 Å². The average Bonchev–Trinajstić information content (AvgIpc) is 3.52. The zero-order valence-corrected chi connectivity index (χ0v) is 17.9. The number of carboxylic acids is 1. The van der Waals surface area contributed by atoms with Gasteiger partial charge in [0.25, 0.3) is 5.91 Å². The normalized spacial score (nSPS) is 19.5. The van der Waals surface area contributed by atoms with Crippen molar-refractivity contribution in [2.75, 3.05) is 18.4 Å². The van der Waals surface area contributed by atoms with Gasteiger partial charge in [0.2, 0.25) is 5.82 Å². The van der Waals surface area contributed by atoms with E-state index >= 15 is 0 Å². The van der Waals surface area contributed by atoms with Crippen LogP contribution in [0.25, 0.3) is 0 Å². The lowest BCUT2D eigenvalue weighted by Crippen LogP contribution is -2.31. The molecule has 1 saturated heterocycles. The fourth-order valence-electron chi connectivity index (χ4n) is 4.25. The lowest BCUT2D eigenvalue weighted by atomic mass is 9.89. The predicted molar refractivity (Wildman–Crippen MR) is 113 cm³/mol. The molecule has 2 atom stereocenters. The highest BCUT2D eigenvalue weighted by molar-refractivity contribution is 6.01. The third kappa shape index (κ3) is 5.45. The second kappa shape index (κ2) is 9.67. The molecule has 12 heteroatoms. The molecule has 0 radical (unpaired) electrons. The number of nitrogens with one attached hydrogen (secondary N) is 1. The number of para-hydroxylation sites is 1. The van der Waals surface area contributed by atoms with E-state index in [4.69, 9.17) is 14.3 Å². The Morgan fingerprint density at radius 2 is 1.76 bits per heavy atom. The van der Waals surface area contributed by atoms with Crippen LogP contribution in [-0.2, 0) is 24.3 Å². The number of anilines is 1. The number of carboxylic acid groups (broad SMARTS) is 1. The highest BCUT2D eigenvalue weighted by Gasteiger charge is 2.39. The number of carbonyl (C=O) groups is 2. The number of nitrogens with zero attached hydrogens (tertiary/aromatic N) is 4. The Kier molecular flexibility index (Phi) is 6.68. The molecule has 180 valence electrons. The number of likely N-dealkylation sites (tertiary alicyclic amines) is 1. The highest BCUT2D eigenvalue weighted by Crippen LogP contribution is 2.33. The molecule has 34 heavy (non-hydrogen) atoms. The van der Waals surface area contributed by atoms with Gasteiger partial charge in [-0.2, -0.15) is 13.2 Å². The maximum absolute atomic E-state index is 12.7. The van der Waals surface area contributed by atoms with Crippen LogP contribution in [0.2, 0.25) is 0 Å². The summed E-state index contributed by atoms with van der Waals surface area (Å²) in [6, 6.07) is 13.4. The zero-order valence-electron chi connectivity index (χ0n) is 17.9. The number of alkyl halides is 3. The number of hydrogen-bond acceptors (Lipinski definition) is 6. The molecule has 4 heterocycles. The summed E-state index contributed by atoms with van der Waals surface area (Å²) in [5.41, 5.74) is 0.763. The zero-order chi connectivity index (χ0) is 24.3. The summed E-state index contributed by atoms with van der Waals surface area (Å²) in [5, 5.41) is 18.5. The van der Waals surface area contributed by atoms with Gasteiger partial charge in [-0.1, -0.05) is 18.2 Å². The first kappa shape index (κ1) is 23.5. The van der Waals surface area contributed by atoms with Gasteiger partial charge >= 0.3 is 12.1 Å². The Bertz CT molecular complexity index is 1130. The third-order valence-electron chi connectivity index (χ3n) is 5.78. The maximum atomic E-state index is 12.7. The summed E-state index contributed by atoms with van der Waals surface area (Å²) in [7, 11) is 0. The molecule has 2 N–H and O–H groups in total. The summed E-state index contributed by atoms with van der Waals surface area (Å²) >= 11 is 0. The molecule has 2 unspecified atom stereocenters. The number of carbonyl (C=O) groups excluding carboxylic acids is 1. The minimum Gasteiger partial charge on any atom is -0.475 e. The van der Waals surface area contributed by atoms with Crippen LogP contribution in [0.5, 0.6) is 0 Å². The van der Waals surface area contributed by atoms with Crippen molar-refractivity contribution in [3.05, 3.63) is 66.1 Å². The first-order chi connectivity index (χ1) is 16.2. The third-order valence-corrected chi connectivity index (χ3v) is 5.78. The molecule has 1 amide bonds. The molecule has 5 rings (SSSR count). The van der Waals surface area contributed by atoms with Crippen molar-refractivity contribution < 1.29 is 32.3 Å². The first-order valence-corrected chi connectivity index (χ1v) is 10.5. The Hall–Kier alpha value is -3.67. The van der Waals surface area contributed by atoms with E-state index in [0.717, 1.165) is 49.9 Å². The summed E-state index contributed by atoms with van der Waals surface area (Å²) < 4.78 is 39.2. The summed E-state index contributed by atoms with van der Waals surface area (Å²) in [5.74, 6) is 0.409. The molecule has 0 spiro atoms. The molecule has 0 aliphatic carbocycles. The molecule has 2 aliphatic heterocycles. The van der Waals surface area contributed by atoms with Gasteiger partial charge in [0, 0.05) is 31.7 Å². The molecule has 3 aromatic rings. The maximum Gasteiger partial charge on any atom is 0.490 e. The lowest BCUT2D eigenvalue weighted by Gasteiger charge is -2.25. The average molecular weight is 477 g/mol. The summed E-state index contributed by atoms with van der Waals surface area (Å²) in [4.78, 5) is 24.0. The standard InChI is InChI=1S/C20H21N5O2.C2HF3O2/c26-20(21-16-5-2-1-3-6-16)19-23-22-18-9-14-10-24(11-15(14)12-25(18)19)13-17-7-4-8-27-17;3-2(4,5)1(6)7/h1-8,14-15H,9-13H2,(H,21,26);(H,6,7). The Morgan fingerprint density at radius 3 is 2.41 bits per heavy atom. The van der Waals surface area contributed by atoms with Crippen LogP contribution in [0, 0.1) is 11.8 Å². The van der Waals surface area contributed by atoms with Crippen LogP contribution >= 0.6 is 0 Å². The van der Waals surface area contributed by atoms with E-state index in [1.54, 1.807) is 6.26 Å². The molecular formula is C22H22F3N5O4. The van der Waals surface area contributed by atoms with E-state index < -0.39 is 12.1 Å². The van der Waals surface area contributed by atoms with Crippen molar-refractivity contribution in [2.24, 2.45) is 11.8 Å². The fourth-order valence-corrected chi connectivity index (χ4v) is 4.25. The molecule has 0 bridgehead atoms. The Morgan fingerprint density at radius 1 is 1.06 bits per heavy atom. The number of aromatic nitrogens is 3. The number of halogens is 3. The van der Waals surface area contributed by atoms with Crippen LogP contribution in [0.1, 0.15) is 22.2 Å². The van der Waals surface area contributed by atoms with Crippen LogP contribution in [0.4, 0.5) is 18.9 Å². The number of rotatable bonds is 4. The SMILES string of the molecule is O=C(Nc1ccccc1)c1nnc2n1CC1CN(Cc3ccco3)CC1C2.O=C(O)C(F)(F)F. The van der Waals surface area contributed by atoms with Gasteiger partial charge in [0.1, 0.15) is 11.6 Å². The molecule has 0 saturated carbocycles. The quantitative estimate of drug-likeness (QED) is 0.594. The minimum atomic E-state index is -5.08. The summed E-state index contributed by atoms with van der Waals surface area (Å²) in [6.45, 7) is 3.66. The van der Waals surface area contributed by atoms with Crippen molar-refractivity contribution in [1.82, 2.24) is 19.7 Å². The second-order valence-electron chi connectivity index (χ2n) is 8.17. The molecule has 9 nitrogen and oxygen atoms in total. The number of aliphatic carboxylic acids is 1. The largest absolute Gasteiger partial charge is 0.490 e. The first-order valence-electron chi connectivity index (χ1n) is 10.5. The van der Waals surface area contributed by atoms with E-state index in [-0.39, 0.29) is 5.91 Å². The van der Waals surface area contributed by atoms with E-state index in [2.05, 4.69) is 20.4 Å². The second-order valence-corrected chi connectivity index (χ2v) is 8.17. The number of hydrogen-bond donors (Lipinski definition) is 2. The van der Waals surface area contributed by atoms with Gasteiger partial charge in [-0.25, -0.2) is 4.79 Å². The van der Waals surface area contributed by atoms with Gasteiger partial charge in [-0.05, 0) is 36.1 Å². The van der Waals surface area contributed by atoms with Gasteiger partial charge in [0.15, 0.2) is 0 Å². The molecule has 1 aromatic carbocycles. The van der Waals surface area contributed by atoms with E-state index in [0.29, 0.717) is 17.7 Å². The molecule has 2 aromatic heterocycles.